The van der Waals surface area contributed by atoms with Gasteiger partial charge in [-0.2, -0.15) is 0 Å². The summed E-state index contributed by atoms with van der Waals surface area (Å²) in [5, 5.41) is 5.46. The number of para-hydroxylation sites is 1. The smallest absolute Gasteiger partial charge is 0.308 e. The summed E-state index contributed by atoms with van der Waals surface area (Å²) >= 11 is 0. The summed E-state index contributed by atoms with van der Waals surface area (Å²) in [5.41, 5.74) is 0.0622. The fourth-order valence-corrected chi connectivity index (χ4v) is 4.77. The van der Waals surface area contributed by atoms with Gasteiger partial charge in [-0.1, -0.05) is 62.4 Å². The second kappa shape index (κ2) is 15.8. The van der Waals surface area contributed by atoms with Crippen molar-refractivity contribution in [2.75, 3.05) is 13.2 Å². The van der Waals surface area contributed by atoms with E-state index in [-0.39, 0.29) is 24.9 Å². The van der Waals surface area contributed by atoms with Crippen molar-refractivity contribution in [2.45, 2.75) is 77.6 Å². The molecular formula is C34H43N3O7. The first-order valence-electron chi connectivity index (χ1n) is 14.9. The average molecular weight is 606 g/mol. The third-order valence-electron chi connectivity index (χ3n) is 6.92. The molecule has 1 fully saturated rings. The number of carbonyl (C=O) groups is 5. The summed E-state index contributed by atoms with van der Waals surface area (Å²) in [7, 11) is 0. The number of rotatable bonds is 13. The molecule has 1 aliphatic rings. The third-order valence-corrected chi connectivity index (χ3v) is 6.92. The zero-order valence-corrected chi connectivity index (χ0v) is 26.1. The molecule has 10 heteroatoms. The molecule has 1 aliphatic heterocycles. The lowest BCUT2D eigenvalue weighted by molar-refractivity contribution is -0.156. The van der Waals surface area contributed by atoms with Gasteiger partial charge in [0.05, 0.1) is 6.42 Å². The number of nitrogens with one attached hydrogen (secondary N) is 2. The Morgan fingerprint density at radius 2 is 1.59 bits per heavy atom. The highest BCUT2D eigenvalue weighted by atomic mass is 16.6. The van der Waals surface area contributed by atoms with Gasteiger partial charge in [-0.15, -0.1) is 0 Å². The number of likely N-dealkylation sites (tertiary alicyclic amines) is 1. The molecule has 0 spiro atoms. The molecule has 0 saturated carbocycles. The van der Waals surface area contributed by atoms with E-state index in [1.54, 1.807) is 51.1 Å². The molecule has 44 heavy (non-hydrogen) atoms. The third kappa shape index (κ3) is 10.7. The molecule has 0 aliphatic carbocycles. The van der Waals surface area contributed by atoms with Gasteiger partial charge in [-0.25, -0.2) is 0 Å². The summed E-state index contributed by atoms with van der Waals surface area (Å²) in [6, 6.07) is 15.1. The molecule has 2 aromatic carbocycles. The van der Waals surface area contributed by atoms with Crippen LogP contribution in [0.5, 0.6) is 5.75 Å². The van der Waals surface area contributed by atoms with E-state index in [9.17, 15) is 24.0 Å². The van der Waals surface area contributed by atoms with Gasteiger partial charge in [0.25, 0.3) is 0 Å². The zero-order valence-electron chi connectivity index (χ0n) is 26.1. The van der Waals surface area contributed by atoms with Crippen molar-refractivity contribution in [3.8, 4) is 5.75 Å². The lowest BCUT2D eigenvalue weighted by Gasteiger charge is -2.31. The quantitative estimate of drug-likeness (QED) is 0.263. The van der Waals surface area contributed by atoms with Crippen LogP contribution in [0.1, 0.15) is 59.4 Å². The Balaban J connectivity index is 1.70. The summed E-state index contributed by atoms with van der Waals surface area (Å²) in [4.78, 5) is 67.2. The minimum atomic E-state index is -1.22. The molecule has 0 aromatic heterocycles. The normalized spacial score (nSPS) is 16.3. The Hall–Kier alpha value is -4.47. The minimum absolute atomic E-state index is 0.252. The highest BCUT2D eigenvalue weighted by Crippen LogP contribution is 2.21. The molecule has 0 unspecified atom stereocenters. The predicted molar refractivity (Wildman–Crippen MR) is 166 cm³/mol. The van der Waals surface area contributed by atoms with E-state index in [2.05, 4.69) is 10.6 Å². The molecule has 3 amide bonds. The second-order valence-electron chi connectivity index (χ2n) is 12.1. The topological polar surface area (TPSA) is 131 Å². The Bertz CT molecular complexity index is 1320. The minimum Gasteiger partial charge on any atom is -0.486 e. The van der Waals surface area contributed by atoms with Gasteiger partial charge in [0.2, 0.25) is 17.7 Å². The number of carbonyl (C=O) groups excluding carboxylic acids is 5. The zero-order chi connectivity index (χ0) is 32.3. The Morgan fingerprint density at radius 3 is 2.20 bits per heavy atom. The van der Waals surface area contributed by atoms with Crippen molar-refractivity contribution in [1.29, 1.82) is 0 Å². The second-order valence-corrected chi connectivity index (χ2v) is 12.1. The number of nitrogens with zero attached hydrogens (tertiary/aromatic N) is 1. The van der Waals surface area contributed by atoms with Crippen LogP contribution in [0.2, 0.25) is 0 Å². The van der Waals surface area contributed by atoms with Crippen molar-refractivity contribution >= 4 is 35.6 Å². The number of benzene rings is 2. The summed E-state index contributed by atoms with van der Waals surface area (Å²) in [6.07, 6.45) is 3.58. The van der Waals surface area contributed by atoms with Crippen LogP contribution in [-0.2, 0) is 28.7 Å². The number of Topliss-reactive ketones (excluding diaryl/α,β-unsaturated/α-hetero) is 1. The van der Waals surface area contributed by atoms with Crippen LogP contribution in [0.15, 0.2) is 66.7 Å². The summed E-state index contributed by atoms with van der Waals surface area (Å²) in [5.74, 6) is -2.32. The largest absolute Gasteiger partial charge is 0.486 e. The van der Waals surface area contributed by atoms with Gasteiger partial charge in [-0.05, 0) is 63.3 Å². The standard InChI is InChI=1S/C34H43N3O7/c1-23(2)31(36-29(39)19-18-24-13-8-6-9-14-24)33(42)37-20-12-17-27(37)32(41)35-26(21-30(40)44-34(3,4)5)28(38)22-43-25-15-10-7-11-16-25/h6-11,13-16,18-19,23,26-27,31H,12,17,20-22H2,1-5H3,(H,35,41)(H,36,39)/b19-18+/t26-,27-,31-/m0/s1. The first-order chi connectivity index (χ1) is 20.8. The monoisotopic (exact) mass is 605 g/mol. The van der Waals surface area contributed by atoms with Crippen molar-refractivity contribution in [3.63, 3.8) is 0 Å². The Labute approximate surface area is 259 Å². The summed E-state index contributed by atoms with van der Waals surface area (Å²) < 4.78 is 11.0. The molecule has 236 valence electrons. The van der Waals surface area contributed by atoms with Gasteiger partial charge in [0.15, 0.2) is 5.78 Å². The predicted octanol–water partition coefficient (Wildman–Crippen LogP) is 3.70. The molecule has 3 atom stereocenters. The molecule has 1 saturated heterocycles. The van der Waals surface area contributed by atoms with Gasteiger partial charge in [0, 0.05) is 12.6 Å². The number of ether oxygens (including phenoxy) is 2. The molecule has 3 rings (SSSR count). The average Bonchev–Trinajstić information content (AvgIpc) is 3.47. The van der Waals surface area contributed by atoms with Gasteiger partial charge >= 0.3 is 5.97 Å². The van der Waals surface area contributed by atoms with Crippen molar-refractivity contribution in [3.05, 3.63) is 72.3 Å². The van der Waals surface area contributed by atoms with Crippen LogP contribution in [0, 0.1) is 5.92 Å². The van der Waals surface area contributed by atoms with Crippen molar-refractivity contribution < 1.29 is 33.4 Å². The number of hydrogen-bond acceptors (Lipinski definition) is 7. The highest BCUT2D eigenvalue weighted by molar-refractivity contribution is 5.98. The molecule has 0 bridgehead atoms. The number of ketones is 1. The molecule has 2 N–H and O–H groups in total. The van der Waals surface area contributed by atoms with Crippen LogP contribution < -0.4 is 15.4 Å². The van der Waals surface area contributed by atoms with Crippen LogP contribution in [0.4, 0.5) is 0 Å². The van der Waals surface area contributed by atoms with Crippen LogP contribution in [-0.4, -0.2) is 71.3 Å². The van der Waals surface area contributed by atoms with E-state index >= 15 is 0 Å². The SMILES string of the molecule is CC(C)[C@H](NC(=O)/C=C/c1ccccc1)C(=O)N1CCC[C@H]1C(=O)N[C@@H](CC(=O)OC(C)(C)C)C(=O)COc1ccccc1. The first-order valence-corrected chi connectivity index (χ1v) is 14.9. The lowest BCUT2D eigenvalue weighted by Crippen LogP contribution is -2.57. The first kappa shape index (κ1) is 34.0. The fourth-order valence-electron chi connectivity index (χ4n) is 4.77. The van der Waals surface area contributed by atoms with E-state index in [0.717, 1.165) is 5.56 Å². The fraction of sp³-hybridized carbons (Fsp3) is 0.441. The lowest BCUT2D eigenvalue weighted by atomic mass is 10.0. The van der Waals surface area contributed by atoms with E-state index < -0.39 is 47.3 Å². The van der Waals surface area contributed by atoms with E-state index in [0.29, 0.717) is 25.1 Å². The molecule has 0 radical (unpaired) electrons. The van der Waals surface area contributed by atoms with E-state index in [1.807, 2.05) is 50.2 Å². The Kier molecular flexibility index (Phi) is 12.3. The van der Waals surface area contributed by atoms with Crippen molar-refractivity contribution in [2.24, 2.45) is 5.92 Å². The number of hydrogen-bond donors (Lipinski definition) is 2. The maximum absolute atomic E-state index is 13.7. The molecule has 1 heterocycles. The number of amides is 3. The van der Waals surface area contributed by atoms with Gasteiger partial charge in [0.1, 0.15) is 36.1 Å². The maximum atomic E-state index is 13.7. The van der Waals surface area contributed by atoms with Gasteiger partial charge < -0.3 is 25.0 Å². The van der Waals surface area contributed by atoms with E-state index in [4.69, 9.17) is 9.47 Å². The van der Waals surface area contributed by atoms with Crippen LogP contribution in [0.3, 0.4) is 0 Å². The van der Waals surface area contributed by atoms with Crippen LogP contribution >= 0.6 is 0 Å². The maximum Gasteiger partial charge on any atom is 0.308 e. The highest BCUT2D eigenvalue weighted by Gasteiger charge is 2.40. The summed E-state index contributed by atoms with van der Waals surface area (Å²) in [6.45, 7) is 8.71. The molecule has 10 nitrogen and oxygen atoms in total. The van der Waals surface area contributed by atoms with Crippen LogP contribution in [0.25, 0.3) is 6.08 Å². The van der Waals surface area contributed by atoms with Gasteiger partial charge in [-0.3, -0.25) is 24.0 Å². The van der Waals surface area contributed by atoms with Crippen molar-refractivity contribution in [1.82, 2.24) is 15.5 Å². The Morgan fingerprint density at radius 1 is 0.955 bits per heavy atom. The van der Waals surface area contributed by atoms with E-state index in [1.165, 1.54) is 11.0 Å². The molecule has 2 aromatic rings. The number of esters is 1. The molecular weight excluding hydrogens is 562 g/mol.